The number of nitro benzene ring substituents is 1. The van der Waals surface area contributed by atoms with E-state index < -0.39 is 10.3 Å². The molecule has 1 aliphatic rings. The minimum absolute atomic E-state index is 0.0374. The number of carbonyl (C=O) groups excluding carboxylic acids is 1. The molecule has 0 atom stereocenters. The summed E-state index contributed by atoms with van der Waals surface area (Å²) in [5.41, 5.74) is 0.377. The molecule has 1 amide bonds. The van der Waals surface area contributed by atoms with E-state index in [1.54, 1.807) is 19.1 Å². The Balaban J connectivity index is 2.09. The summed E-state index contributed by atoms with van der Waals surface area (Å²) in [6.07, 6.45) is 2.06. The first kappa shape index (κ1) is 14.0. The average molecular weight is 273 g/mol. The van der Waals surface area contributed by atoms with Crippen molar-refractivity contribution in [1.82, 2.24) is 5.32 Å². The number of hydrogen-bond donors (Lipinski definition) is 1. The highest BCUT2D eigenvalue weighted by molar-refractivity contribution is 5.86. The van der Waals surface area contributed by atoms with Gasteiger partial charge in [0.05, 0.1) is 11.0 Å². The summed E-state index contributed by atoms with van der Waals surface area (Å²) in [4.78, 5) is 22.4. The first-order valence-corrected chi connectivity index (χ1v) is 6.42. The molecule has 0 unspecified atom stereocenters. The van der Waals surface area contributed by atoms with Gasteiger partial charge in [-0.15, -0.1) is 0 Å². The molecule has 1 N–H and O–H groups in total. The first-order valence-electron chi connectivity index (χ1n) is 6.42. The monoisotopic (exact) mass is 273 g/mol. The maximum absolute atomic E-state index is 12.0. The van der Waals surface area contributed by atoms with Crippen LogP contribution in [0.2, 0.25) is 0 Å². The van der Waals surface area contributed by atoms with E-state index in [0.717, 1.165) is 6.42 Å². The molecule has 20 heavy (non-hydrogen) atoms. The number of nitro groups is 1. The molecule has 0 radical (unpaired) electrons. The van der Waals surface area contributed by atoms with E-state index in [0.29, 0.717) is 24.0 Å². The fraction of sp³-hybridized carbons (Fsp3) is 0.429. The lowest BCUT2D eigenvalue weighted by atomic mass is 9.69. The summed E-state index contributed by atoms with van der Waals surface area (Å²) in [6.45, 7) is 1.86. The highest BCUT2D eigenvalue weighted by Crippen LogP contribution is 2.40. The van der Waals surface area contributed by atoms with Gasteiger partial charge in [0.25, 0.3) is 5.69 Å². The van der Waals surface area contributed by atoms with Gasteiger partial charge in [0.15, 0.2) is 0 Å². The zero-order chi connectivity index (χ0) is 14.8. The van der Waals surface area contributed by atoms with Gasteiger partial charge in [-0.2, -0.15) is 5.26 Å². The lowest BCUT2D eigenvalue weighted by molar-refractivity contribution is -0.385. The molecule has 0 heterocycles. The SMILES string of the molecule is Cc1c(CNC(=O)C2(C#N)CCC2)cccc1[N+](=O)[O-]. The summed E-state index contributed by atoms with van der Waals surface area (Å²) in [6, 6.07) is 6.84. The zero-order valence-corrected chi connectivity index (χ0v) is 11.2. The van der Waals surface area contributed by atoms with Crippen LogP contribution in [-0.4, -0.2) is 10.8 Å². The number of nitrogens with one attached hydrogen (secondary N) is 1. The van der Waals surface area contributed by atoms with E-state index in [1.165, 1.54) is 6.07 Å². The van der Waals surface area contributed by atoms with Crippen LogP contribution in [0.15, 0.2) is 18.2 Å². The van der Waals surface area contributed by atoms with Crippen molar-refractivity contribution in [3.05, 3.63) is 39.4 Å². The maximum Gasteiger partial charge on any atom is 0.272 e. The second kappa shape index (κ2) is 5.29. The van der Waals surface area contributed by atoms with E-state index in [4.69, 9.17) is 5.26 Å². The number of carbonyl (C=O) groups is 1. The van der Waals surface area contributed by atoms with Crippen LogP contribution >= 0.6 is 0 Å². The van der Waals surface area contributed by atoms with Gasteiger partial charge in [-0.3, -0.25) is 14.9 Å². The Labute approximate surface area is 116 Å². The van der Waals surface area contributed by atoms with Crippen molar-refractivity contribution in [3.63, 3.8) is 0 Å². The second-order valence-electron chi connectivity index (χ2n) is 5.05. The fourth-order valence-electron chi connectivity index (χ4n) is 2.32. The molecule has 1 aromatic carbocycles. The molecule has 0 bridgehead atoms. The van der Waals surface area contributed by atoms with Gasteiger partial charge in [-0.05, 0) is 31.7 Å². The van der Waals surface area contributed by atoms with Crippen LogP contribution in [0.5, 0.6) is 0 Å². The largest absolute Gasteiger partial charge is 0.351 e. The standard InChI is InChI=1S/C14H15N3O3/c1-10-11(4-2-5-12(10)17(19)20)8-16-13(18)14(9-15)6-3-7-14/h2,4-5H,3,6-8H2,1H3,(H,16,18). The Morgan fingerprint density at radius 3 is 2.75 bits per heavy atom. The minimum atomic E-state index is -0.894. The highest BCUT2D eigenvalue weighted by Gasteiger charge is 2.44. The van der Waals surface area contributed by atoms with Gasteiger partial charge in [-0.25, -0.2) is 0 Å². The molecule has 1 aromatic rings. The molecular formula is C14H15N3O3. The Bertz CT molecular complexity index is 600. The number of nitriles is 1. The van der Waals surface area contributed by atoms with Crippen molar-refractivity contribution in [2.75, 3.05) is 0 Å². The van der Waals surface area contributed by atoms with Gasteiger partial charge >= 0.3 is 0 Å². The summed E-state index contributed by atoms with van der Waals surface area (Å²) in [5.74, 6) is -0.280. The molecule has 0 saturated heterocycles. The van der Waals surface area contributed by atoms with Gasteiger partial charge in [0.2, 0.25) is 5.91 Å². The van der Waals surface area contributed by atoms with E-state index in [1.807, 2.05) is 0 Å². The van der Waals surface area contributed by atoms with E-state index >= 15 is 0 Å². The summed E-state index contributed by atoms with van der Waals surface area (Å²) >= 11 is 0. The van der Waals surface area contributed by atoms with Crippen molar-refractivity contribution >= 4 is 11.6 Å². The van der Waals surface area contributed by atoms with Crippen LogP contribution in [-0.2, 0) is 11.3 Å². The molecule has 1 fully saturated rings. The van der Waals surface area contributed by atoms with Gasteiger partial charge in [-0.1, -0.05) is 12.1 Å². The van der Waals surface area contributed by atoms with Crippen LogP contribution in [0.3, 0.4) is 0 Å². The smallest absolute Gasteiger partial charge is 0.272 e. The topological polar surface area (TPSA) is 96.0 Å². The van der Waals surface area contributed by atoms with Crippen molar-refractivity contribution < 1.29 is 9.72 Å². The third-order valence-corrected chi connectivity index (χ3v) is 3.91. The molecule has 1 saturated carbocycles. The molecule has 1 aliphatic carbocycles. The van der Waals surface area contributed by atoms with Crippen LogP contribution in [0.4, 0.5) is 5.69 Å². The molecule has 6 heteroatoms. The van der Waals surface area contributed by atoms with Crippen LogP contribution in [0.25, 0.3) is 0 Å². The Kier molecular flexibility index (Phi) is 3.70. The van der Waals surface area contributed by atoms with E-state index in [2.05, 4.69) is 11.4 Å². The average Bonchev–Trinajstić information content (AvgIpc) is 2.36. The predicted molar refractivity (Wildman–Crippen MR) is 71.6 cm³/mol. The fourth-order valence-corrected chi connectivity index (χ4v) is 2.32. The van der Waals surface area contributed by atoms with Crippen molar-refractivity contribution in [1.29, 1.82) is 5.26 Å². The summed E-state index contributed by atoms with van der Waals surface area (Å²) < 4.78 is 0. The molecule has 0 aliphatic heterocycles. The van der Waals surface area contributed by atoms with Gasteiger partial charge in [0.1, 0.15) is 5.41 Å². The number of nitrogens with zero attached hydrogens (tertiary/aromatic N) is 2. The molecule has 104 valence electrons. The lowest BCUT2D eigenvalue weighted by Crippen LogP contribution is -2.44. The van der Waals surface area contributed by atoms with Gasteiger partial charge < -0.3 is 5.32 Å². The van der Waals surface area contributed by atoms with Gasteiger partial charge in [0, 0.05) is 18.2 Å². The lowest BCUT2D eigenvalue weighted by Gasteiger charge is -2.33. The Hall–Kier alpha value is -2.42. The summed E-state index contributed by atoms with van der Waals surface area (Å²) in [7, 11) is 0. The molecule has 0 spiro atoms. The van der Waals surface area contributed by atoms with Crippen molar-refractivity contribution in [3.8, 4) is 6.07 Å². The van der Waals surface area contributed by atoms with E-state index in [-0.39, 0.29) is 18.1 Å². The quantitative estimate of drug-likeness (QED) is 0.672. The number of benzene rings is 1. The molecule has 0 aromatic heterocycles. The molecule has 6 nitrogen and oxygen atoms in total. The first-order chi connectivity index (χ1) is 9.50. The Morgan fingerprint density at radius 2 is 2.25 bits per heavy atom. The summed E-state index contributed by atoms with van der Waals surface area (Å²) in [5, 5.41) is 22.6. The Morgan fingerprint density at radius 1 is 1.55 bits per heavy atom. The van der Waals surface area contributed by atoms with Crippen molar-refractivity contribution in [2.24, 2.45) is 5.41 Å². The molecular weight excluding hydrogens is 258 g/mol. The predicted octanol–water partition coefficient (Wildman–Crippen LogP) is 2.21. The third kappa shape index (κ3) is 2.35. The van der Waals surface area contributed by atoms with E-state index in [9.17, 15) is 14.9 Å². The number of amides is 1. The van der Waals surface area contributed by atoms with Crippen LogP contribution < -0.4 is 5.32 Å². The minimum Gasteiger partial charge on any atom is -0.351 e. The highest BCUT2D eigenvalue weighted by atomic mass is 16.6. The third-order valence-electron chi connectivity index (χ3n) is 3.91. The van der Waals surface area contributed by atoms with Crippen molar-refractivity contribution in [2.45, 2.75) is 32.7 Å². The zero-order valence-electron chi connectivity index (χ0n) is 11.2. The normalized spacial score (nSPS) is 15.8. The number of hydrogen-bond acceptors (Lipinski definition) is 4. The number of rotatable bonds is 4. The van der Waals surface area contributed by atoms with Crippen LogP contribution in [0.1, 0.15) is 30.4 Å². The van der Waals surface area contributed by atoms with Crippen LogP contribution in [0, 0.1) is 33.8 Å². The maximum atomic E-state index is 12.0. The second-order valence-corrected chi connectivity index (χ2v) is 5.05. The molecule has 2 rings (SSSR count).